The minimum atomic E-state index is -3.67. The van der Waals surface area contributed by atoms with Crippen molar-refractivity contribution in [2.75, 3.05) is 11.5 Å². The molecule has 150 valence electrons. The lowest BCUT2D eigenvalue weighted by molar-refractivity contribution is 0.484. The Hall–Kier alpha value is -3.91. The molecule has 30 heavy (non-hydrogen) atoms. The van der Waals surface area contributed by atoms with Gasteiger partial charge in [0.25, 0.3) is 0 Å². The molecular formula is C22H18N4O3S. The van der Waals surface area contributed by atoms with Gasteiger partial charge in [0.2, 0.25) is 9.84 Å². The second kappa shape index (κ2) is 7.49. The third kappa shape index (κ3) is 3.44. The number of phenols is 1. The summed E-state index contributed by atoms with van der Waals surface area (Å²) >= 11 is 0. The van der Waals surface area contributed by atoms with Gasteiger partial charge in [0.05, 0.1) is 32.2 Å². The summed E-state index contributed by atoms with van der Waals surface area (Å²) < 4.78 is 25.6. The number of sulfone groups is 1. The monoisotopic (exact) mass is 418 g/mol. The van der Waals surface area contributed by atoms with Crippen LogP contribution in [0.1, 0.15) is 0 Å². The van der Waals surface area contributed by atoms with Crippen molar-refractivity contribution in [1.82, 2.24) is 0 Å². The molecule has 0 aliphatic rings. The highest BCUT2D eigenvalue weighted by atomic mass is 32.2. The number of azo groups is 1. The summed E-state index contributed by atoms with van der Waals surface area (Å²) in [5.41, 5.74) is 13.0. The van der Waals surface area contributed by atoms with E-state index in [4.69, 9.17) is 11.5 Å². The van der Waals surface area contributed by atoms with E-state index in [0.29, 0.717) is 22.1 Å². The first-order valence-corrected chi connectivity index (χ1v) is 10.5. The van der Waals surface area contributed by atoms with Crippen LogP contribution in [0.2, 0.25) is 0 Å². The second-order valence-corrected chi connectivity index (χ2v) is 8.56. The number of anilines is 2. The van der Waals surface area contributed by atoms with Crippen LogP contribution in [0, 0.1) is 0 Å². The Balaban J connectivity index is 1.72. The Morgan fingerprint density at radius 2 is 1.47 bits per heavy atom. The number of hydrogen-bond donors (Lipinski definition) is 3. The quantitative estimate of drug-likeness (QED) is 0.245. The molecule has 0 atom stereocenters. The van der Waals surface area contributed by atoms with E-state index >= 15 is 0 Å². The van der Waals surface area contributed by atoms with Gasteiger partial charge in [-0.3, -0.25) is 0 Å². The number of rotatable bonds is 4. The Morgan fingerprint density at radius 3 is 2.23 bits per heavy atom. The molecule has 5 N–H and O–H groups in total. The fraction of sp³-hybridized carbons (Fsp3) is 0. The molecule has 0 spiro atoms. The number of fused-ring (bicyclic) bond motifs is 1. The lowest BCUT2D eigenvalue weighted by Gasteiger charge is -2.09. The largest absolute Gasteiger partial charge is 0.505 e. The summed E-state index contributed by atoms with van der Waals surface area (Å²) in [7, 11) is -3.67. The lowest BCUT2D eigenvalue weighted by Crippen LogP contribution is -2.01. The van der Waals surface area contributed by atoms with Crippen LogP contribution in [0.5, 0.6) is 5.75 Å². The summed E-state index contributed by atoms with van der Waals surface area (Å²) in [4.78, 5) is 0.313. The van der Waals surface area contributed by atoms with E-state index in [2.05, 4.69) is 10.2 Å². The van der Waals surface area contributed by atoms with Crippen molar-refractivity contribution in [2.45, 2.75) is 9.79 Å². The van der Waals surface area contributed by atoms with E-state index in [0.717, 1.165) is 0 Å². The zero-order valence-corrected chi connectivity index (χ0v) is 16.5. The van der Waals surface area contributed by atoms with Crippen LogP contribution in [0.4, 0.5) is 22.7 Å². The molecule has 0 amide bonds. The molecule has 0 saturated heterocycles. The molecule has 7 nitrogen and oxygen atoms in total. The Morgan fingerprint density at radius 1 is 0.767 bits per heavy atom. The van der Waals surface area contributed by atoms with Crippen molar-refractivity contribution < 1.29 is 13.5 Å². The molecule has 0 aromatic heterocycles. The van der Waals surface area contributed by atoms with Gasteiger partial charge in [0, 0.05) is 0 Å². The van der Waals surface area contributed by atoms with Crippen molar-refractivity contribution in [3.8, 4) is 5.75 Å². The molecule has 0 saturated carbocycles. The minimum Gasteiger partial charge on any atom is -0.505 e. The highest BCUT2D eigenvalue weighted by Gasteiger charge is 2.17. The van der Waals surface area contributed by atoms with Gasteiger partial charge >= 0.3 is 0 Å². The third-order valence-corrected chi connectivity index (χ3v) is 6.43. The first-order valence-electron chi connectivity index (χ1n) is 8.99. The Bertz CT molecular complexity index is 1380. The maximum atomic E-state index is 12.8. The van der Waals surface area contributed by atoms with Crippen LogP contribution in [0.25, 0.3) is 10.8 Å². The van der Waals surface area contributed by atoms with Crippen molar-refractivity contribution in [1.29, 1.82) is 0 Å². The third-order valence-electron chi connectivity index (χ3n) is 4.66. The molecule has 0 fully saturated rings. The molecule has 8 heteroatoms. The topological polar surface area (TPSA) is 131 Å². The Labute approximate surface area is 173 Å². The van der Waals surface area contributed by atoms with E-state index in [1.54, 1.807) is 54.6 Å². The van der Waals surface area contributed by atoms with E-state index in [1.807, 2.05) is 0 Å². The molecule has 4 aromatic carbocycles. The number of phenolic OH excluding ortho intramolecular Hbond substituents is 1. The summed E-state index contributed by atoms with van der Waals surface area (Å²) in [5, 5.41) is 19.6. The zero-order chi connectivity index (χ0) is 21.3. The molecular weight excluding hydrogens is 400 g/mol. The van der Waals surface area contributed by atoms with Gasteiger partial charge in [-0.25, -0.2) is 8.42 Å². The number of nitrogens with two attached hydrogens (primary N) is 2. The van der Waals surface area contributed by atoms with Crippen LogP contribution in [-0.4, -0.2) is 13.5 Å². The first-order chi connectivity index (χ1) is 14.4. The van der Waals surface area contributed by atoms with Crippen LogP contribution in [0.15, 0.2) is 98.9 Å². The van der Waals surface area contributed by atoms with Crippen molar-refractivity contribution in [2.24, 2.45) is 10.2 Å². The molecule has 0 radical (unpaired) electrons. The molecule has 4 rings (SSSR count). The van der Waals surface area contributed by atoms with Crippen LogP contribution in [0.3, 0.4) is 0 Å². The van der Waals surface area contributed by atoms with Crippen LogP contribution < -0.4 is 11.5 Å². The number of benzene rings is 4. The summed E-state index contributed by atoms with van der Waals surface area (Å²) in [6, 6.07) is 21.1. The van der Waals surface area contributed by atoms with E-state index in [1.165, 1.54) is 24.3 Å². The van der Waals surface area contributed by atoms with Crippen molar-refractivity contribution >= 4 is 43.4 Å². The van der Waals surface area contributed by atoms with Gasteiger partial charge < -0.3 is 16.6 Å². The number of nitrogens with zero attached hydrogens (tertiary/aromatic N) is 2. The Kier molecular flexibility index (Phi) is 4.85. The van der Waals surface area contributed by atoms with Crippen molar-refractivity contribution in [3.05, 3.63) is 78.9 Å². The molecule has 0 heterocycles. The van der Waals surface area contributed by atoms with E-state index in [9.17, 15) is 13.5 Å². The SMILES string of the molecule is Nc1ccc2ccc(N=Nc3cccc(S(=O)(=O)c4ccccc4)c3)c(N)c2c1O. The van der Waals surface area contributed by atoms with Crippen molar-refractivity contribution in [3.63, 3.8) is 0 Å². The minimum absolute atomic E-state index is 0.113. The standard InChI is InChI=1S/C22H18N4O3S/c23-18-11-9-14-10-12-19(21(24)20(14)22(18)27)26-25-15-5-4-8-17(13-15)30(28,29)16-6-2-1-3-7-16/h1-13,27H,23-24H2. The normalized spacial score (nSPS) is 11.9. The van der Waals surface area contributed by atoms with Gasteiger partial charge in [-0.2, -0.15) is 5.11 Å². The second-order valence-electron chi connectivity index (χ2n) is 6.61. The molecule has 0 bridgehead atoms. The maximum absolute atomic E-state index is 12.8. The summed E-state index contributed by atoms with van der Waals surface area (Å²) in [5.74, 6) is -0.113. The maximum Gasteiger partial charge on any atom is 0.206 e. The van der Waals surface area contributed by atoms with Gasteiger partial charge in [-0.1, -0.05) is 36.4 Å². The highest BCUT2D eigenvalue weighted by Crippen LogP contribution is 2.40. The first kappa shape index (κ1) is 19.4. The van der Waals surface area contributed by atoms with Gasteiger partial charge in [0.1, 0.15) is 11.4 Å². The van der Waals surface area contributed by atoms with E-state index < -0.39 is 9.84 Å². The lowest BCUT2D eigenvalue weighted by atomic mass is 10.1. The smallest absolute Gasteiger partial charge is 0.206 e. The average molecular weight is 418 g/mol. The van der Waals surface area contributed by atoms with Gasteiger partial charge in [-0.15, -0.1) is 5.11 Å². The fourth-order valence-corrected chi connectivity index (χ4v) is 4.40. The predicted molar refractivity (Wildman–Crippen MR) is 117 cm³/mol. The molecule has 0 unspecified atom stereocenters. The molecule has 0 aliphatic carbocycles. The average Bonchev–Trinajstić information content (AvgIpc) is 2.76. The van der Waals surface area contributed by atoms with Crippen LogP contribution >= 0.6 is 0 Å². The number of hydrogen-bond acceptors (Lipinski definition) is 7. The summed E-state index contributed by atoms with van der Waals surface area (Å²) in [6.07, 6.45) is 0. The van der Waals surface area contributed by atoms with Gasteiger partial charge in [-0.05, 0) is 47.9 Å². The van der Waals surface area contributed by atoms with E-state index in [-0.39, 0.29) is 26.9 Å². The predicted octanol–water partition coefficient (Wildman–Crippen LogP) is 4.96. The number of aromatic hydroxyl groups is 1. The highest BCUT2D eigenvalue weighted by molar-refractivity contribution is 7.91. The molecule has 0 aliphatic heterocycles. The summed E-state index contributed by atoms with van der Waals surface area (Å²) in [6.45, 7) is 0. The zero-order valence-electron chi connectivity index (χ0n) is 15.7. The number of nitrogen functional groups attached to an aromatic ring is 2. The fourth-order valence-electron chi connectivity index (χ4n) is 3.08. The molecule has 4 aromatic rings. The van der Waals surface area contributed by atoms with Crippen LogP contribution in [-0.2, 0) is 9.84 Å². The van der Waals surface area contributed by atoms with Gasteiger partial charge in [0.15, 0.2) is 0 Å².